The number of hydrogen-bond acceptors (Lipinski definition) is 4. The van der Waals surface area contributed by atoms with E-state index in [0.29, 0.717) is 5.56 Å². The average Bonchev–Trinajstić information content (AvgIpc) is 2.49. The van der Waals surface area contributed by atoms with E-state index >= 15 is 0 Å². The van der Waals surface area contributed by atoms with Crippen LogP contribution in [0.5, 0.6) is 0 Å². The van der Waals surface area contributed by atoms with E-state index in [-0.39, 0.29) is 12.5 Å². The zero-order valence-corrected chi connectivity index (χ0v) is 16.2. The lowest BCUT2D eigenvalue weighted by Gasteiger charge is -2.28. The van der Waals surface area contributed by atoms with Gasteiger partial charge in [0.25, 0.3) is 0 Å². The van der Waals surface area contributed by atoms with Gasteiger partial charge in [-0.25, -0.2) is 9.18 Å². The van der Waals surface area contributed by atoms with Gasteiger partial charge in [0.15, 0.2) is 0 Å². The first-order valence-corrected chi connectivity index (χ1v) is 8.57. The summed E-state index contributed by atoms with van der Waals surface area (Å²) in [7, 11) is 0. The molecule has 6 nitrogen and oxygen atoms in total. The van der Waals surface area contributed by atoms with Crippen molar-refractivity contribution in [3.8, 4) is 0 Å². The molecule has 26 heavy (non-hydrogen) atoms. The van der Waals surface area contributed by atoms with E-state index in [2.05, 4.69) is 10.6 Å². The van der Waals surface area contributed by atoms with Crippen molar-refractivity contribution in [1.29, 1.82) is 0 Å². The van der Waals surface area contributed by atoms with Gasteiger partial charge >= 0.3 is 6.09 Å². The number of amides is 2. The van der Waals surface area contributed by atoms with Gasteiger partial charge in [-0.3, -0.25) is 4.79 Å². The van der Waals surface area contributed by atoms with E-state index in [0.717, 1.165) is 0 Å². The van der Waals surface area contributed by atoms with E-state index < -0.39 is 35.1 Å². The maximum absolute atomic E-state index is 13.0. The first-order valence-electron chi connectivity index (χ1n) is 8.57. The third-order valence-electron chi connectivity index (χ3n) is 3.69. The fourth-order valence-corrected chi connectivity index (χ4v) is 2.25. The fraction of sp³-hybridized carbons (Fsp3) is 0.579. The van der Waals surface area contributed by atoms with E-state index in [1.54, 1.807) is 34.6 Å². The van der Waals surface area contributed by atoms with Crippen LogP contribution in [0, 0.1) is 11.7 Å². The van der Waals surface area contributed by atoms with Gasteiger partial charge in [-0.2, -0.15) is 0 Å². The van der Waals surface area contributed by atoms with E-state index in [9.17, 15) is 19.1 Å². The zero-order valence-electron chi connectivity index (χ0n) is 16.2. The van der Waals surface area contributed by atoms with Crippen molar-refractivity contribution >= 4 is 12.0 Å². The highest BCUT2D eigenvalue weighted by atomic mass is 19.1. The molecule has 0 bridgehead atoms. The molecule has 2 atom stereocenters. The van der Waals surface area contributed by atoms with Crippen molar-refractivity contribution in [3.63, 3.8) is 0 Å². The number of rotatable bonds is 6. The number of hydrogen-bond donors (Lipinski definition) is 3. The Morgan fingerprint density at radius 2 is 1.69 bits per heavy atom. The fourth-order valence-electron chi connectivity index (χ4n) is 2.25. The van der Waals surface area contributed by atoms with Crippen LogP contribution in [0.3, 0.4) is 0 Å². The molecule has 0 spiro atoms. The largest absolute Gasteiger partial charge is 0.444 e. The van der Waals surface area contributed by atoms with Crippen molar-refractivity contribution < 1.29 is 23.8 Å². The van der Waals surface area contributed by atoms with E-state index in [1.807, 2.05) is 0 Å². The highest BCUT2D eigenvalue weighted by Crippen LogP contribution is 2.20. The Hall–Kier alpha value is -2.15. The molecular formula is C19H29FN2O4. The summed E-state index contributed by atoms with van der Waals surface area (Å²) in [6, 6.07) is 4.59. The van der Waals surface area contributed by atoms with Crippen LogP contribution in [0.4, 0.5) is 9.18 Å². The lowest BCUT2D eigenvalue weighted by Crippen LogP contribution is -2.52. The van der Waals surface area contributed by atoms with Gasteiger partial charge in [0.1, 0.15) is 23.1 Å². The van der Waals surface area contributed by atoms with Crippen LogP contribution >= 0.6 is 0 Å². The molecule has 1 rings (SSSR count). The summed E-state index contributed by atoms with van der Waals surface area (Å²) in [6.07, 6.45) is -0.684. The second kappa shape index (κ2) is 8.49. The van der Waals surface area contributed by atoms with E-state index in [1.165, 1.54) is 31.2 Å². The van der Waals surface area contributed by atoms with Crippen molar-refractivity contribution in [1.82, 2.24) is 10.6 Å². The minimum atomic E-state index is -1.38. The number of benzene rings is 1. The first kappa shape index (κ1) is 21.9. The number of carbonyl (C=O) groups excluding carboxylic acids is 2. The summed E-state index contributed by atoms with van der Waals surface area (Å²) < 4.78 is 18.2. The Kier molecular flexibility index (Phi) is 7.15. The molecule has 146 valence electrons. The van der Waals surface area contributed by atoms with Gasteiger partial charge in [0.05, 0.1) is 6.54 Å². The molecule has 7 heteroatoms. The lowest BCUT2D eigenvalue weighted by atomic mass is 9.95. The van der Waals surface area contributed by atoms with Gasteiger partial charge < -0.3 is 20.5 Å². The molecule has 0 aromatic heterocycles. The molecule has 0 aliphatic heterocycles. The van der Waals surface area contributed by atoms with Gasteiger partial charge in [0, 0.05) is 0 Å². The number of nitrogens with one attached hydrogen (secondary N) is 2. The van der Waals surface area contributed by atoms with Crippen molar-refractivity contribution in [2.45, 2.75) is 58.8 Å². The molecule has 2 unspecified atom stereocenters. The molecule has 0 aliphatic carbocycles. The lowest BCUT2D eigenvalue weighted by molar-refractivity contribution is -0.125. The summed E-state index contributed by atoms with van der Waals surface area (Å²) >= 11 is 0. The summed E-state index contributed by atoms with van der Waals surface area (Å²) in [5, 5.41) is 15.7. The number of halogens is 1. The van der Waals surface area contributed by atoms with Crippen molar-refractivity contribution in [2.75, 3.05) is 6.54 Å². The number of alkyl carbamates (subject to hydrolysis) is 1. The molecule has 0 heterocycles. The summed E-state index contributed by atoms with van der Waals surface area (Å²) in [5.41, 5.74) is -1.58. The smallest absolute Gasteiger partial charge is 0.408 e. The summed E-state index contributed by atoms with van der Waals surface area (Å²) in [6.45, 7) is 10.2. The number of aliphatic hydroxyl groups is 1. The number of carbonyl (C=O) groups is 2. The topological polar surface area (TPSA) is 87.7 Å². The molecule has 3 N–H and O–H groups in total. The van der Waals surface area contributed by atoms with Crippen LogP contribution < -0.4 is 10.6 Å². The average molecular weight is 368 g/mol. The zero-order chi connectivity index (χ0) is 20.1. The summed E-state index contributed by atoms with van der Waals surface area (Å²) in [5.74, 6) is -1.03. The third kappa shape index (κ3) is 7.00. The second-order valence-electron chi connectivity index (χ2n) is 7.87. The Balaban J connectivity index is 2.72. The molecule has 1 aromatic rings. The predicted molar refractivity (Wildman–Crippen MR) is 97.0 cm³/mol. The maximum Gasteiger partial charge on any atom is 0.408 e. The molecule has 0 saturated heterocycles. The summed E-state index contributed by atoms with van der Waals surface area (Å²) in [4.78, 5) is 24.4. The Labute approximate surface area is 154 Å². The van der Waals surface area contributed by atoms with Crippen LogP contribution in [0.25, 0.3) is 0 Å². The van der Waals surface area contributed by atoms with Crippen LogP contribution in [0.15, 0.2) is 24.3 Å². The molecule has 1 aromatic carbocycles. The van der Waals surface area contributed by atoms with Crippen molar-refractivity contribution in [3.05, 3.63) is 35.6 Å². The minimum Gasteiger partial charge on any atom is -0.444 e. The van der Waals surface area contributed by atoms with Gasteiger partial charge in [-0.05, 0) is 51.3 Å². The van der Waals surface area contributed by atoms with Crippen LogP contribution in [-0.2, 0) is 15.1 Å². The molecule has 0 saturated carbocycles. The van der Waals surface area contributed by atoms with Gasteiger partial charge in [0.2, 0.25) is 5.91 Å². The molecule has 0 aliphatic rings. The standard InChI is InChI=1S/C19H29FN2O4/c1-12(2)15(22-17(24)26-18(3,4)5)16(23)21-11-19(6,25)13-7-9-14(20)10-8-13/h7-10,12,15,25H,11H2,1-6H3,(H,21,23)(H,22,24). The highest BCUT2D eigenvalue weighted by molar-refractivity contribution is 5.86. The SMILES string of the molecule is CC(C)C(NC(=O)OC(C)(C)C)C(=O)NCC(C)(O)c1ccc(F)cc1. The number of ether oxygens (including phenoxy) is 1. The third-order valence-corrected chi connectivity index (χ3v) is 3.69. The van der Waals surface area contributed by atoms with Gasteiger partial charge in [-0.15, -0.1) is 0 Å². The maximum atomic E-state index is 13.0. The van der Waals surface area contributed by atoms with Crippen molar-refractivity contribution in [2.24, 2.45) is 5.92 Å². The van der Waals surface area contributed by atoms with E-state index in [4.69, 9.17) is 4.74 Å². The Morgan fingerprint density at radius 3 is 2.15 bits per heavy atom. The molecule has 0 fully saturated rings. The monoisotopic (exact) mass is 368 g/mol. The normalized spacial score (nSPS) is 15.1. The molecule has 0 radical (unpaired) electrons. The quantitative estimate of drug-likeness (QED) is 0.720. The first-order chi connectivity index (χ1) is 11.8. The highest BCUT2D eigenvalue weighted by Gasteiger charge is 2.29. The minimum absolute atomic E-state index is 0.0866. The second-order valence-corrected chi connectivity index (χ2v) is 7.87. The van der Waals surface area contributed by atoms with Gasteiger partial charge in [-0.1, -0.05) is 26.0 Å². The van der Waals surface area contributed by atoms with Crippen LogP contribution in [-0.4, -0.2) is 35.3 Å². The van der Waals surface area contributed by atoms with Crippen LogP contribution in [0.1, 0.15) is 47.1 Å². The Morgan fingerprint density at radius 1 is 1.15 bits per heavy atom. The predicted octanol–water partition coefficient (Wildman–Crippen LogP) is 2.70. The van der Waals surface area contributed by atoms with Crippen LogP contribution in [0.2, 0.25) is 0 Å². The molecule has 2 amide bonds. The Bertz CT molecular complexity index is 621. The molecular weight excluding hydrogens is 339 g/mol.